The number of anilines is 3. The van der Waals surface area contributed by atoms with Gasteiger partial charge >= 0.3 is 0 Å². The molecule has 1 amide bonds. The van der Waals surface area contributed by atoms with Crippen molar-refractivity contribution < 1.29 is 14.3 Å². The minimum absolute atomic E-state index is 0.292. The van der Waals surface area contributed by atoms with Gasteiger partial charge in [0.25, 0.3) is 5.91 Å². The number of carbonyl (C=O) groups excluding carboxylic acids is 1. The van der Waals surface area contributed by atoms with Crippen LogP contribution in [0.5, 0.6) is 11.5 Å². The Morgan fingerprint density at radius 1 is 1.00 bits per heavy atom. The van der Waals surface area contributed by atoms with Gasteiger partial charge in [-0.1, -0.05) is 18.2 Å². The van der Waals surface area contributed by atoms with Gasteiger partial charge in [0, 0.05) is 30.6 Å². The third-order valence-electron chi connectivity index (χ3n) is 4.34. The Labute approximate surface area is 163 Å². The van der Waals surface area contributed by atoms with Gasteiger partial charge in [-0.15, -0.1) is 0 Å². The van der Waals surface area contributed by atoms with Crippen LogP contribution in [0.15, 0.2) is 54.6 Å². The van der Waals surface area contributed by atoms with Crippen LogP contribution < -0.4 is 19.7 Å². The first kappa shape index (κ1) is 17.8. The summed E-state index contributed by atoms with van der Waals surface area (Å²) in [5.74, 6) is 2.14. The van der Waals surface area contributed by atoms with Crippen molar-refractivity contribution in [3.05, 3.63) is 66.1 Å². The van der Waals surface area contributed by atoms with Crippen molar-refractivity contribution in [3.8, 4) is 11.5 Å². The Morgan fingerprint density at radius 3 is 2.54 bits per heavy atom. The largest absolute Gasteiger partial charge is 0.486 e. The Balaban J connectivity index is 1.57. The number of amides is 1. The molecule has 142 valence electrons. The van der Waals surface area contributed by atoms with Crippen LogP contribution in [0.25, 0.3) is 0 Å². The predicted molar refractivity (Wildman–Crippen MR) is 107 cm³/mol. The smallest absolute Gasteiger partial charge is 0.274 e. The van der Waals surface area contributed by atoms with E-state index in [1.54, 1.807) is 31.2 Å². The monoisotopic (exact) mass is 376 g/mol. The topological polar surface area (TPSA) is 76.6 Å². The summed E-state index contributed by atoms with van der Waals surface area (Å²) in [5, 5.41) is 2.86. The van der Waals surface area contributed by atoms with E-state index in [4.69, 9.17) is 9.47 Å². The molecule has 1 N–H and O–H groups in total. The number of nitrogens with one attached hydrogen (secondary N) is 1. The molecule has 28 heavy (non-hydrogen) atoms. The minimum Gasteiger partial charge on any atom is -0.486 e. The highest BCUT2D eigenvalue weighted by Gasteiger charge is 2.16. The number of hydrogen-bond donors (Lipinski definition) is 1. The first-order valence-corrected chi connectivity index (χ1v) is 8.95. The van der Waals surface area contributed by atoms with Crippen LogP contribution >= 0.6 is 0 Å². The fraction of sp³-hybridized carbons (Fsp3) is 0.190. The third-order valence-corrected chi connectivity index (χ3v) is 4.34. The fourth-order valence-corrected chi connectivity index (χ4v) is 2.94. The van der Waals surface area contributed by atoms with Gasteiger partial charge in [-0.3, -0.25) is 4.79 Å². The van der Waals surface area contributed by atoms with Crippen molar-refractivity contribution in [2.75, 3.05) is 30.5 Å². The van der Waals surface area contributed by atoms with Gasteiger partial charge in [-0.25, -0.2) is 9.97 Å². The van der Waals surface area contributed by atoms with Gasteiger partial charge in [0.05, 0.1) is 0 Å². The molecule has 4 rings (SSSR count). The number of hydrogen-bond acceptors (Lipinski definition) is 6. The van der Waals surface area contributed by atoms with Gasteiger partial charge < -0.3 is 19.7 Å². The van der Waals surface area contributed by atoms with Crippen LogP contribution in [0.3, 0.4) is 0 Å². The van der Waals surface area contributed by atoms with Gasteiger partial charge in [0.15, 0.2) is 11.5 Å². The second kappa shape index (κ2) is 7.56. The second-order valence-corrected chi connectivity index (χ2v) is 6.37. The van der Waals surface area contributed by atoms with Crippen LogP contribution in [-0.4, -0.2) is 36.1 Å². The van der Waals surface area contributed by atoms with Crippen LogP contribution in [0.2, 0.25) is 0 Å². The van der Waals surface area contributed by atoms with Crippen molar-refractivity contribution in [3.63, 3.8) is 0 Å². The Morgan fingerprint density at radius 2 is 1.75 bits per heavy atom. The highest BCUT2D eigenvalue weighted by atomic mass is 16.6. The van der Waals surface area contributed by atoms with Crippen molar-refractivity contribution in [2.45, 2.75) is 6.92 Å². The number of ether oxygens (including phenoxy) is 2. The molecule has 0 aliphatic carbocycles. The van der Waals surface area contributed by atoms with E-state index in [9.17, 15) is 4.79 Å². The van der Waals surface area contributed by atoms with E-state index in [-0.39, 0.29) is 5.91 Å². The van der Waals surface area contributed by atoms with Gasteiger partial charge in [0.2, 0.25) is 0 Å². The van der Waals surface area contributed by atoms with Crippen molar-refractivity contribution in [1.82, 2.24) is 9.97 Å². The number of benzene rings is 2. The van der Waals surface area contributed by atoms with Crippen molar-refractivity contribution >= 4 is 23.1 Å². The molecule has 7 heteroatoms. The summed E-state index contributed by atoms with van der Waals surface area (Å²) in [6, 6.07) is 16.8. The fourth-order valence-electron chi connectivity index (χ4n) is 2.94. The van der Waals surface area contributed by atoms with Crippen LogP contribution in [0, 0.1) is 6.92 Å². The van der Waals surface area contributed by atoms with Gasteiger partial charge in [-0.2, -0.15) is 0 Å². The molecule has 0 spiro atoms. The van der Waals surface area contributed by atoms with E-state index in [2.05, 4.69) is 15.3 Å². The zero-order chi connectivity index (χ0) is 19.5. The van der Waals surface area contributed by atoms with E-state index in [1.165, 1.54) is 0 Å². The summed E-state index contributed by atoms with van der Waals surface area (Å²) in [6.45, 7) is 2.78. The summed E-state index contributed by atoms with van der Waals surface area (Å²) in [7, 11) is 1.90. The first-order valence-electron chi connectivity index (χ1n) is 8.95. The summed E-state index contributed by atoms with van der Waals surface area (Å²) in [4.78, 5) is 23.4. The Hall–Kier alpha value is -3.61. The molecule has 0 saturated carbocycles. The molecule has 1 aromatic heterocycles. The molecule has 3 aromatic rings. The lowest BCUT2D eigenvalue weighted by molar-refractivity contribution is 0.102. The van der Waals surface area contributed by atoms with Crippen molar-refractivity contribution in [2.24, 2.45) is 0 Å². The molecule has 0 fully saturated rings. The molecule has 0 radical (unpaired) electrons. The number of carbonyl (C=O) groups is 1. The predicted octanol–water partition coefficient (Wildman–Crippen LogP) is 3.58. The molecule has 0 atom stereocenters. The molecule has 0 saturated heterocycles. The lowest BCUT2D eigenvalue weighted by Crippen LogP contribution is -2.19. The quantitative estimate of drug-likeness (QED) is 0.750. The number of aromatic nitrogens is 2. The number of aryl methyl sites for hydroxylation is 1. The Kier molecular flexibility index (Phi) is 4.80. The Bertz CT molecular complexity index is 1010. The molecule has 7 nitrogen and oxygen atoms in total. The molecule has 1 aliphatic rings. The molecule has 0 unspecified atom stereocenters. The average molecular weight is 376 g/mol. The average Bonchev–Trinajstić information content (AvgIpc) is 2.73. The standard InChI is InChI=1S/C21H20N4O3/c1-14-22-17(13-20(23-14)25(2)16-6-4-3-5-7-16)21(26)24-15-8-9-18-19(12-15)28-11-10-27-18/h3-9,12-13H,10-11H2,1-2H3,(H,24,26). The van der Waals surface area contributed by atoms with E-state index < -0.39 is 0 Å². The lowest BCUT2D eigenvalue weighted by Gasteiger charge is -2.20. The van der Waals surface area contributed by atoms with Crippen LogP contribution in [0.4, 0.5) is 17.2 Å². The summed E-state index contributed by atoms with van der Waals surface area (Å²) >= 11 is 0. The second-order valence-electron chi connectivity index (χ2n) is 6.37. The van der Waals surface area contributed by atoms with E-state index in [0.29, 0.717) is 47.7 Å². The molecular weight excluding hydrogens is 356 g/mol. The van der Waals surface area contributed by atoms with Crippen LogP contribution in [-0.2, 0) is 0 Å². The maximum atomic E-state index is 12.8. The highest BCUT2D eigenvalue weighted by Crippen LogP contribution is 2.32. The maximum Gasteiger partial charge on any atom is 0.274 e. The maximum absolute atomic E-state index is 12.8. The summed E-state index contributed by atoms with van der Waals surface area (Å²) in [5.41, 5.74) is 1.88. The van der Waals surface area contributed by atoms with E-state index in [0.717, 1.165) is 5.69 Å². The number of fused-ring (bicyclic) bond motifs is 1. The molecule has 2 aromatic carbocycles. The normalized spacial score (nSPS) is 12.4. The summed E-state index contributed by atoms with van der Waals surface area (Å²) in [6.07, 6.45) is 0. The molecule has 0 bridgehead atoms. The summed E-state index contributed by atoms with van der Waals surface area (Å²) < 4.78 is 11.1. The van der Waals surface area contributed by atoms with E-state index in [1.807, 2.05) is 42.3 Å². The minimum atomic E-state index is -0.315. The molecule has 2 heterocycles. The van der Waals surface area contributed by atoms with E-state index >= 15 is 0 Å². The number of para-hydroxylation sites is 1. The SMILES string of the molecule is Cc1nc(C(=O)Nc2ccc3c(c2)OCCO3)cc(N(C)c2ccccc2)n1. The lowest BCUT2D eigenvalue weighted by atomic mass is 10.2. The van der Waals surface area contributed by atoms with Gasteiger partial charge in [0.1, 0.15) is 30.5 Å². The highest BCUT2D eigenvalue weighted by molar-refractivity contribution is 6.03. The number of rotatable bonds is 4. The van der Waals surface area contributed by atoms with Crippen molar-refractivity contribution in [1.29, 1.82) is 0 Å². The number of nitrogens with zero attached hydrogens (tertiary/aromatic N) is 3. The van der Waals surface area contributed by atoms with Gasteiger partial charge in [-0.05, 0) is 31.2 Å². The van der Waals surface area contributed by atoms with Crippen LogP contribution in [0.1, 0.15) is 16.3 Å². The zero-order valence-corrected chi connectivity index (χ0v) is 15.7. The third kappa shape index (κ3) is 3.73. The molecular formula is C21H20N4O3. The molecule has 1 aliphatic heterocycles. The first-order chi connectivity index (χ1) is 13.6. The zero-order valence-electron chi connectivity index (χ0n) is 15.7.